The highest BCUT2D eigenvalue weighted by molar-refractivity contribution is 6.30. The van der Waals surface area contributed by atoms with Crippen LogP contribution in [0.5, 0.6) is 0 Å². The van der Waals surface area contributed by atoms with Crippen LogP contribution in [-0.2, 0) is 13.0 Å². The molecule has 0 unspecified atom stereocenters. The smallest absolute Gasteiger partial charge is 0.0406 e. The van der Waals surface area contributed by atoms with Gasteiger partial charge >= 0.3 is 0 Å². The highest BCUT2D eigenvalue weighted by Gasteiger charge is 1.94. The van der Waals surface area contributed by atoms with E-state index in [2.05, 4.69) is 28.5 Å². The maximum Gasteiger partial charge on any atom is 0.0406 e. The second kappa shape index (κ2) is 8.09. The highest BCUT2D eigenvalue weighted by Crippen LogP contribution is 2.09. The molecule has 0 saturated carbocycles. The molecule has 0 spiro atoms. The number of nitrogens with one attached hydrogen (secondary N) is 1. The summed E-state index contributed by atoms with van der Waals surface area (Å²) in [5.74, 6) is 0. The average Bonchev–Trinajstić information content (AvgIpc) is 2.38. The number of rotatable bonds is 5. The van der Waals surface area contributed by atoms with Crippen molar-refractivity contribution < 1.29 is 12.4 Å². The van der Waals surface area contributed by atoms with Gasteiger partial charge in [0.1, 0.15) is 0 Å². The Balaban J connectivity index is 0.00000162. The van der Waals surface area contributed by atoms with Gasteiger partial charge in [0.05, 0.1) is 0 Å². The van der Waals surface area contributed by atoms with Gasteiger partial charge in [-0.2, -0.15) is 0 Å². The molecule has 1 N–H and O–H groups in total. The van der Waals surface area contributed by atoms with Crippen LogP contribution in [0.2, 0.25) is 5.02 Å². The van der Waals surface area contributed by atoms with Crippen molar-refractivity contribution in [3.05, 3.63) is 64.9 Å². The van der Waals surface area contributed by atoms with E-state index in [1.807, 2.05) is 24.4 Å². The molecule has 4 heteroatoms. The van der Waals surface area contributed by atoms with Crippen LogP contribution in [0.3, 0.4) is 0 Å². The number of hydrogen-bond donors (Lipinski definition) is 1. The van der Waals surface area contributed by atoms with E-state index in [9.17, 15) is 0 Å². The first-order valence-electron chi connectivity index (χ1n) is 5.68. The molecule has 2 rings (SSSR count). The summed E-state index contributed by atoms with van der Waals surface area (Å²) in [6, 6.07) is 12.0. The molecular weight excluding hydrogens is 267 g/mol. The molecular formula is C14H15Cl2N2-. The second-order valence-corrected chi connectivity index (χ2v) is 4.35. The SMILES string of the molecule is Clc1ccc(CCNCc2cccnc2)cc1.[Cl-]. The predicted molar refractivity (Wildman–Crippen MR) is 71.1 cm³/mol. The molecule has 0 amide bonds. The lowest BCUT2D eigenvalue weighted by Gasteiger charge is -2.04. The molecule has 96 valence electrons. The predicted octanol–water partition coefficient (Wildman–Crippen LogP) is 0.0713. The third-order valence-electron chi connectivity index (χ3n) is 2.56. The molecule has 0 radical (unpaired) electrons. The normalized spacial score (nSPS) is 9.83. The Morgan fingerprint density at radius 1 is 1.06 bits per heavy atom. The first-order chi connectivity index (χ1) is 8.34. The lowest BCUT2D eigenvalue weighted by Crippen LogP contribution is -3.00. The van der Waals surface area contributed by atoms with Crippen LogP contribution in [-0.4, -0.2) is 11.5 Å². The first-order valence-corrected chi connectivity index (χ1v) is 6.06. The largest absolute Gasteiger partial charge is 1.00 e. The van der Waals surface area contributed by atoms with Gasteiger partial charge in [-0.15, -0.1) is 0 Å². The lowest BCUT2D eigenvalue weighted by molar-refractivity contribution is -0.00000344. The second-order valence-electron chi connectivity index (χ2n) is 3.91. The zero-order chi connectivity index (χ0) is 11.9. The number of halogens is 2. The number of pyridine rings is 1. The van der Waals surface area contributed by atoms with Gasteiger partial charge in [0.25, 0.3) is 0 Å². The standard InChI is InChI=1S/C14H15ClN2.ClH/c15-14-5-3-12(4-6-14)7-9-17-11-13-2-1-8-16-10-13;/h1-6,8,10,17H,7,9,11H2;1H/p-1. The van der Waals surface area contributed by atoms with Crippen LogP contribution in [0.15, 0.2) is 48.8 Å². The molecule has 0 aliphatic rings. The van der Waals surface area contributed by atoms with Gasteiger partial charge < -0.3 is 17.7 Å². The molecule has 0 atom stereocenters. The minimum Gasteiger partial charge on any atom is -1.00 e. The van der Waals surface area contributed by atoms with Gasteiger partial charge in [-0.1, -0.05) is 29.8 Å². The number of benzene rings is 1. The van der Waals surface area contributed by atoms with E-state index in [0.29, 0.717) is 0 Å². The molecule has 2 nitrogen and oxygen atoms in total. The first kappa shape index (κ1) is 15.0. The lowest BCUT2D eigenvalue weighted by atomic mass is 10.1. The van der Waals surface area contributed by atoms with E-state index in [1.54, 1.807) is 6.20 Å². The summed E-state index contributed by atoms with van der Waals surface area (Å²) in [7, 11) is 0. The van der Waals surface area contributed by atoms with Gasteiger partial charge in [0.15, 0.2) is 0 Å². The summed E-state index contributed by atoms with van der Waals surface area (Å²) >= 11 is 5.83. The van der Waals surface area contributed by atoms with Gasteiger partial charge in [0.2, 0.25) is 0 Å². The Bertz CT molecular complexity index is 443. The third-order valence-corrected chi connectivity index (χ3v) is 2.81. The fraction of sp³-hybridized carbons (Fsp3) is 0.214. The minimum absolute atomic E-state index is 0. The third kappa shape index (κ3) is 5.05. The van der Waals surface area contributed by atoms with Crippen molar-refractivity contribution in [1.29, 1.82) is 0 Å². The summed E-state index contributed by atoms with van der Waals surface area (Å²) in [5.41, 5.74) is 2.51. The molecule has 0 aliphatic heterocycles. The Kier molecular flexibility index (Phi) is 6.73. The summed E-state index contributed by atoms with van der Waals surface area (Å²) < 4.78 is 0. The Morgan fingerprint density at radius 3 is 2.50 bits per heavy atom. The summed E-state index contributed by atoms with van der Waals surface area (Å²) in [4.78, 5) is 4.08. The number of aromatic nitrogens is 1. The van der Waals surface area contributed by atoms with Crippen molar-refractivity contribution in [2.75, 3.05) is 6.54 Å². The van der Waals surface area contributed by atoms with E-state index in [-0.39, 0.29) is 12.4 Å². The maximum atomic E-state index is 5.83. The summed E-state index contributed by atoms with van der Waals surface area (Å²) in [6.07, 6.45) is 4.68. The van der Waals surface area contributed by atoms with Crippen LogP contribution < -0.4 is 17.7 Å². The number of hydrogen-bond acceptors (Lipinski definition) is 2. The van der Waals surface area contributed by atoms with Crippen molar-refractivity contribution in [3.8, 4) is 0 Å². The molecule has 0 fully saturated rings. The van der Waals surface area contributed by atoms with Crippen LogP contribution in [0.1, 0.15) is 11.1 Å². The van der Waals surface area contributed by atoms with Crippen molar-refractivity contribution >= 4 is 11.6 Å². The molecule has 1 aromatic carbocycles. The molecule has 18 heavy (non-hydrogen) atoms. The molecule has 0 saturated heterocycles. The maximum absolute atomic E-state index is 5.83. The minimum atomic E-state index is 0. The summed E-state index contributed by atoms with van der Waals surface area (Å²) in [5, 5.41) is 4.18. The Labute approximate surface area is 119 Å². The Hall–Kier alpha value is -1.09. The van der Waals surface area contributed by atoms with Gasteiger partial charge in [-0.05, 0) is 42.3 Å². The Morgan fingerprint density at radius 2 is 1.83 bits per heavy atom. The van der Waals surface area contributed by atoms with Gasteiger partial charge in [-0.25, -0.2) is 0 Å². The van der Waals surface area contributed by atoms with E-state index in [4.69, 9.17) is 11.6 Å². The van der Waals surface area contributed by atoms with E-state index >= 15 is 0 Å². The fourth-order valence-electron chi connectivity index (χ4n) is 1.62. The molecule has 1 heterocycles. The van der Waals surface area contributed by atoms with Crippen LogP contribution in [0.25, 0.3) is 0 Å². The van der Waals surface area contributed by atoms with Crippen LogP contribution in [0.4, 0.5) is 0 Å². The van der Waals surface area contributed by atoms with Crippen molar-refractivity contribution in [2.24, 2.45) is 0 Å². The quantitative estimate of drug-likeness (QED) is 0.785. The van der Waals surface area contributed by atoms with Crippen molar-refractivity contribution in [1.82, 2.24) is 10.3 Å². The van der Waals surface area contributed by atoms with E-state index in [0.717, 1.165) is 24.5 Å². The fourth-order valence-corrected chi connectivity index (χ4v) is 1.75. The molecule has 0 aliphatic carbocycles. The van der Waals surface area contributed by atoms with E-state index < -0.39 is 0 Å². The molecule has 1 aromatic heterocycles. The summed E-state index contributed by atoms with van der Waals surface area (Å²) in [6.45, 7) is 1.82. The van der Waals surface area contributed by atoms with Crippen molar-refractivity contribution in [3.63, 3.8) is 0 Å². The molecule has 0 bridgehead atoms. The van der Waals surface area contributed by atoms with Crippen LogP contribution in [0, 0.1) is 0 Å². The monoisotopic (exact) mass is 281 g/mol. The number of nitrogens with zero attached hydrogens (tertiary/aromatic N) is 1. The van der Waals surface area contributed by atoms with Crippen molar-refractivity contribution in [2.45, 2.75) is 13.0 Å². The average molecular weight is 282 g/mol. The zero-order valence-corrected chi connectivity index (χ0v) is 11.5. The van der Waals surface area contributed by atoms with Gasteiger partial charge in [0, 0.05) is 24.0 Å². The molecule has 2 aromatic rings. The topological polar surface area (TPSA) is 24.9 Å². The van der Waals surface area contributed by atoms with Gasteiger partial charge in [-0.3, -0.25) is 4.98 Å². The zero-order valence-electron chi connectivity index (χ0n) is 9.94. The van der Waals surface area contributed by atoms with E-state index in [1.165, 1.54) is 11.1 Å². The van der Waals surface area contributed by atoms with Crippen LogP contribution >= 0.6 is 11.6 Å². The highest BCUT2D eigenvalue weighted by atomic mass is 35.5.